The molecule has 0 radical (unpaired) electrons. The lowest BCUT2D eigenvalue weighted by molar-refractivity contribution is -0.782. The maximum absolute atomic E-state index is 13.8. The van der Waals surface area contributed by atoms with Crippen molar-refractivity contribution in [2.45, 2.75) is 0 Å². The minimum atomic E-state index is -0.409. The van der Waals surface area contributed by atoms with Gasteiger partial charge >= 0.3 is 0 Å². The summed E-state index contributed by atoms with van der Waals surface area (Å²) in [4.78, 5) is 2.12. The third-order valence-electron chi connectivity index (χ3n) is 2.81. The molecule has 1 aromatic heterocycles. The number of morpholine rings is 1. The normalized spacial score (nSPS) is 16.6. The van der Waals surface area contributed by atoms with Gasteiger partial charge in [-0.05, 0) is 4.90 Å². The van der Waals surface area contributed by atoms with Gasteiger partial charge in [-0.2, -0.15) is 0 Å². The highest BCUT2D eigenvalue weighted by Gasteiger charge is 2.20. The summed E-state index contributed by atoms with van der Waals surface area (Å²) in [5, 5.41) is 14.7. The third-order valence-corrected chi connectivity index (χ3v) is 2.81. The smallest absolute Gasteiger partial charge is 0.251 e. The second-order valence-corrected chi connectivity index (χ2v) is 3.82. The van der Waals surface area contributed by atoms with Gasteiger partial charge in [-0.25, -0.2) is 4.39 Å². The fraction of sp³-hybridized carbons (Fsp3) is 0.400. The molecule has 0 N–H and O–H groups in total. The first-order chi connectivity index (χ1) is 8.25. The number of rotatable bonds is 1. The van der Waals surface area contributed by atoms with Crippen molar-refractivity contribution in [3.63, 3.8) is 0 Å². The molecule has 0 aliphatic carbocycles. The van der Waals surface area contributed by atoms with E-state index in [-0.39, 0.29) is 15.9 Å². The zero-order chi connectivity index (χ0) is 11.8. The number of fused-ring (bicyclic) bond motifs is 1. The molecule has 2 aromatic rings. The van der Waals surface area contributed by atoms with E-state index in [2.05, 4.69) is 9.79 Å². The first kappa shape index (κ1) is 10.3. The van der Waals surface area contributed by atoms with Crippen molar-refractivity contribution >= 4 is 16.7 Å². The minimum Gasteiger partial charge on any atom is -0.378 e. The van der Waals surface area contributed by atoms with E-state index in [0.717, 1.165) is 0 Å². The molecule has 0 amide bonds. The van der Waals surface area contributed by atoms with Crippen LogP contribution in [0.3, 0.4) is 0 Å². The molecular formula is C10H10FN3O3. The SMILES string of the molecule is [O-][n+]1onc2cc(F)c(N3CCOCC3)cc21. The Morgan fingerprint density at radius 1 is 1.35 bits per heavy atom. The van der Waals surface area contributed by atoms with E-state index in [1.165, 1.54) is 12.1 Å². The van der Waals surface area contributed by atoms with E-state index in [9.17, 15) is 9.60 Å². The van der Waals surface area contributed by atoms with Gasteiger partial charge in [-0.1, -0.05) is 0 Å². The van der Waals surface area contributed by atoms with Gasteiger partial charge in [0, 0.05) is 30.4 Å². The topological polar surface area (TPSA) is 65.4 Å². The Labute approximate surface area is 95.7 Å². The van der Waals surface area contributed by atoms with Crippen LogP contribution in [0.2, 0.25) is 0 Å². The Kier molecular flexibility index (Phi) is 2.32. The number of aromatic nitrogens is 2. The summed E-state index contributed by atoms with van der Waals surface area (Å²) < 4.78 is 23.4. The van der Waals surface area contributed by atoms with Crippen LogP contribution in [-0.2, 0) is 4.74 Å². The van der Waals surface area contributed by atoms with Gasteiger partial charge in [0.2, 0.25) is 5.52 Å². The fourth-order valence-electron chi connectivity index (χ4n) is 1.93. The molecule has 1 saturated heterocycles. The lowest BCUT2D eigenvalue weighted by atomic mass is 10.2. The first-order valence-electron chi connectivity index (χ1n) is 5.27. The van der Waals surface area contributed by atoms with E-state index >= 15 is 0 Å². The fourth-order valence-corrected chi connectivity index (χ4v) is 1.93. The molecule has 90 valence electrons. The van der Waals surface area contributed by atoms with Crippen molar-refractivity contribution in [1.82, 2.24) is 5.16 Å². The number of benzene rings is 1. The molecule has 0 spiro atoms. The summed E-state index contributed by atoms with van der Waals surface area (Å²) in [5.74, 6) is -0.409. The van der Waals surface area contributed by atoms with Crippen molar-refractivity contribution < 1.29 is 18.7 Å². The first-order valence-corrected chi connectivity index (χ1v) is 5.27. The van der Waals surface area contributed by atoms with Crippen molar-refractivity contribution in [2.75, 3.05) is 31.2 Å². The van der Waals surface area contributed by atoms with Crippen LogP contribution >= 0.6 is 0 Å². The second-order valence-electron chi connectivity index (χ2n) is 3.82. The Bertz CT molecular complexity index is 551. The van der Waals surface area contributed by atoms with Gasteiger partial charge in [-0.15, -0.1) is 0 Å². The van der Waals surface area contributed by atoms with Crippen LogP contribution in [0.15, 0.2) is 16.8 Å². The third kappa shape index (κ3) is 1.68. The molecule has 17 heavy (non-hydrogen) atoms. The lowest BCUT2D eigenvalue weighted by Gasteiger charge is -2.28. The molecule has 1 aliphatic heterocycles. The van der Waals surface area contributed by atoms with Crippen LogP contribution in [0.1, 0.15) is 0 Å². The van der Waals surface area contributed by atoms with E-state index in [1.807, 2.05) is 4.90 Å². The number of anilines is 1. The van der Waals surface area contributed by atoms with E-state index < -0.39 is 5.82 Å². The molecule has 1 fully saturated rings. The maximum atomic E-state index is 13.8. The predicted octanol–water partition coefficient (Wildman–Crippen LogP) is 0.437. The molecular weight excluding hydrogens is 229 g/mol. The molecule has 6 nitrogen and oxygen atoms in total. The minimum absolute atomic E-state index is 0.217. The Morgan fingerprint density at radius 3 is 2.88 bits per heavy atom. The molecule has 7 heteroatoms. The molecule has 1 aromatic carbocycles. The summed E-state index contributed by atoms with van der Waals surface area (Å²) in [7, 11) is 0. The van der Waals surface area contributed by atoms with Gasteiger partial charge in [0.1, 0.15) is 0 Å². The van der Waals surface area contributed by atoms with E-state index in [1.54, 1.807) is 0 Å². The van der Waals surface area contributed by atoms with E-state index in [4.69, 9.17) is 4.74 Å². The average Bonchev–Trinajstić information content (AvgIpc) is 2.70. The van der Waals surface area contributed by atoms with Crippen LogP contribution in [0.4, 0.5) is 10.1 Å². The van der Waals surface area contributed by atoms with Crippen molar-refractivity contribution in [2.24, 2.45) is 0 Å². The Morgan fingerprint density at radius 2 is 2.12 bits per heavy atom. The van der Waals surface area contributed by atoms with Gasteiger partial charge in [-0.3, -0.25) is 4.63 Å². The maximum Gasteiger partial charge on any atom is 0.251 e. The molecule has 1 aliphatic rings. The van der Waals surface area contributed by atoms with Crippen LogP contribution in [0.5, 0.6) is 0 Å². The summed E-state index contributed by atoms with van der Waals surface area (Å²) >= 11 is 0. The molecule has 0 saturated carbocycles. The number of nitrogens with zero attached hydrogens (tertiary/aromatic N) is 3. The second kappa shape index (κ2) is 3.85. The van der Waals surface area contributed by atoms with Crippen LogP contribution < -0.4 is 9.80 Å². The quantitative estimate of drug-likeness (QED) is 0.675. The largest absolute Gasteiger partial charge is 0.378 e. The highest BCUT2D eigenvalue weighted by molar-refractivity contribution is 5.76. The van der Waals surface area contributed by atoms with Crippen LogP contribution in [-0.4, -0.2) is 31.5 Å². The summed E-state index contributed by atoms with van der Waals surface area (Å²) in [6.07, 6.45) is 0. The monoisotopic (exact) mass is 239 g/mol. The number of halogens is 1. The van der Waals surface area contributed by atoms with Gasteiger partial charge in [0.25, 0.3) is 5.52 Å². The average molecular weight is 239 g/mol. The van der Waals surface area contributed by atoms with Gasteiger partial charge in [0.05, 0.1) is 18.9 Å². The van der Waals surface area contributed by atoms with Crippen molar-refractivity contribution in [1.29, 1.82) is 0 Å². The Balaban J connectivity index is 2.07. The van der Waals surface area contributed by atoms with Crippen LogP contribution in [0, 0.1) is 11.0 Å². The predicted molar refractivity (Wildman–Crippen MR) is 56.0 cm³/mol. The molecule has 0 atom stereocenters. The van der Waals surface area contributed by atoms with Crippen molar-refractivity contribution in [3.8, 4) is 0 Å². The summed E-state index contributed by atoms with van der Waals surface area (Å²) in [6.45, 7) is 2.32. The van der Waals surface area contributed by atoms with Crippen LogP contribution in [0.25, 0.3) is 11.0 Å². The lowest BCUT2D eigenvalue weighted by Crippen LogP contribution is -2.37. The molecule has 0 unspecified atom stereocenters. The summed E-state index contributed by atoms with van der Waals surface area (Å²) in [6, 6.07) is 2.66. The van der Waals surface area contributed by atoms with Gasteiger partial charge < -0.3 is 14.8 Å². The molecule has 0 bridgehead atoms. The van der Waals surface area contributed by atoms with Gasteiger partial charge in [0.15, 0.2) is 5.82 Å². The summed E-state index contributed by atoms with van der Waals surface area (Å²) in [5.41, 5.74) is 0.830. The standard InChI is InChI=1S/C10H10FN3O3/c11-7-5-8-10(14(15)17-12-8)6-9(7)13-1-3-16-4-2-13/h5-6H,1-4H2. The Hall–Kier alpha value is -1.89. The zero-order valence-electron chi connectivity index (χ0n) is 8.93. The molecule has 2 heterocycles. The molecule has 3 rings (SSSR count). The number of hydrogen-bond acceptors (Lipinski definition) is 5. The van der Waals surface area contributed by atoms with Crippen molar-refractivity contribution in [3.05, 3.63) is 23.2 Å². The van der Waals surface area contributed by atoms with E-state index in [0.29, 0.717) is 32.0 Å². The number of ether oxygens (including phenoxy) is 1. The zero-order valence-corrected chi connectivity index (χ0v) is 8.93. The highest BCUT2D eigenvalue weighted by Crippen LogP contribution is 2.24. The highest BCUT2D eigenvalue weighted by atomic mass is 19.1. The number of hydrogen-bond donors (Lipinski definition) is 0.